The summed E-state index contributed by atoms with van der Waals surface area (Å²) in [5.41, 5.74) is -0.408. The average Bonchev–Trinajstić information content (AvgIpc) is 2.71. The summed E-state index contributed by atoms with van der Waals surface area (Å²) in [4.78, 5) is 40.4. The maximum Gasteiger partial charge on any atom is 0.251 e. The van der Waals surface area contributed by atoms with Gasteiger partial charge in [0.15, 0.2) is 11.8 Å². The molecule has 0 saturated heterocycles. The second-order valence-electron chi connectivity index (χ2n) is 6.54. The van der Waals surface area contributed by atoms with Crippen molar-refractivity contribution in [2.24, 2.45) is 0 Å². The Labute approximate surface area is 174 Å². The molecule has 0 aliphatic rings. The number of ketones is 1. The lowest BCUT2D eigenvalue weighted by atomic mass is 10.0. The first kappa shape index (κ1) is 22.8. The van der Waals surface area contributed by atoms with Gasteiger partial charge in [-0.2, -0.15) is 0 Å². The van der Waals surface area contributed by atoms with Gasteiger partial charge < -0.3 is 10.2 Å². The third kappa shape index (κ3) is 6.24. The summed E-state index contributed by atoms with van der Waals surface area (Å²) in [5, 5.41) is 2.95. The molecular formula is C21H25ClFN3O3. The third-order valence-corrected chi connectivity index (χ3v) is 4.87. The molecular weight excluding hydrogens is 397 g/mol. The number of pyridine rings is 1. The smallest absolute Gasteiger partial charge is 0.251 e. The van der Waals surface area contributed by atoms with Gasteiger partial charge in [0, 0.05) is 24.4 Å². The van der Waals surface area contributed by atoms with Crippen molar-refractivity contribution in [3.63, 3.8) is 0 Å². The Morgan fingerprint density at radius 1 is 1.14 bits per heavy atom. The van der Waals surface area contributed by atoms with Crippen molar-refractivity contribution in [1.82, 2.24) is 14.8 Å². The molecule has 8 heteroatoms. The number of carbonyl (C=O) groups is 2. The number of nitrogens with one attached hydrogen (secondary N) is 1. The Morgan fingerprint density at radius 3 is 2.41 bits per heavy atom. The Kier molecular flexibility index (Phi) is 8.54. The van der Waals surface area contributed by atoms with Gasteiger partial charge in [-0.3, -0.25) is 19.0 Å². The van der Waals surface area contributed by atoms with Gasteiger partial charge in [-0.25, -0.2) is 4.39 Å². The minimum absolute atomic E-state index is 0.126. The zero-order valence-corrected chi connectivity index (χ0v) is 17.3. The van der Waals surface area contributed by atoms with Gasteiger partial charge in [0.2, 0.25) is 0 Å². The van der Waals surface area contributed by atoms with Crippen molar-refractivity contribution in [2.45, 2.75) is 26.3 Å². The second-order valence-corrected chi connectivity index (χ2v) is 6.97. The molecule has 0 spiro atoms. The molecule has 2 rings (SSSR count). The number of benzene rings is 1. The quantitative estimate of drug-likeness (QED) is 0.364. The van der Waals surface area contributed by atoms with Gasteiger partial charge in [0.25, 0.3) is 11.5 Å². The van der Waals surface area contributed by atoms with Gasteiger partial charge in [-0.05, 0) is 56.4 Å². The predicted molar refractivity (Wildman–Crippen MR) is 111 cm³/mol. The second kappa shape index (κ2) is 10.9. The van der Waals surface area contributed by atoms with Gasteiger partial charge in [0.1, 0.15) is 5.82 Å². The van der Waals surface area contributed by atoms with Crippen LogP contribution < -0.4 is 10.9 Å². The van der Waals surface area contributed by atoms with Crippen LogP contribution in [0.3, 0.4) is 0 Å². The molecule has 0 saturated carbocycles. The van der Waals surface area contributed by atoms with Gasteiger partial charge in [-0.1, -0.05) is 25.4 Å². The van der Waals surface area contributed by atoms with Gasteiger partial charge in [-0.15, -0.1) is 0 Å². The lowest BCUT2D eigenvalue weighted by Gasteiger charge is -2.20. The Bertz CT molecular complexity index is 895. The van der Waals surface area contributed by atoms with Crippen molar-refractivity contribution in [3.8, 4) is 0 Å². The van der Waals surface area contributed by atoms with Crippen molar-refractivity contribution in [1.29, 1.82) is 0 Å². The van der Waals surface area contributed by atoms with E-state index in [1.807, 2.05) is 0 Å². The van der Waals surface area contributed by atoms with E-state index < -0.39 is 29.1 Å². The lowest BCUT2D eigenvalue weighted by Crippen LogP contribution is -2.42. The molecule has 6 nitrogen and oxygen atoms in total. The van der Waals surface area contributed by atoms with Crippen LogP contribution in [0.4, 0.5) is 4.39 Å². The fourth-order valence-corrected chi connectivity index (χ4v) is 3.14. The van der Waals surface area contributed by atoms with Crippen molar-refractivity contribution >= 4 is 23.3 Å². The number of aromatic nitrogens is 1. The number of hydrogen-bond acceptors (Lipinski definition) is 4. The van der Waals surface area contributed by atoms with E-state index in [-0.39, 0.29) is 10.6 Å². The number of rotatable bonds is 10. The van der Waals surface area contributed by atoms with E-state index in [9.17, 15) is 18.8 Å². The highest BCUT2D eigenvalue weighted by Gasteiger charge is 2.30. The fraction of sp³-hybridized carbons (Fsp3) is 0.381. The molecule has 29 heavy (non-hydrogen) atoms. The van der Waals surface area contributed by atoms with Crippen molar-refractivity contribution < 1.29 is 14.0 Å². The monoisotopic (exact) mass is 421 g/mol. The van der Waals surface area contributed by atoms with Crippen LogP contribution in [-0.4, -0.2) is 47.3 Å². The molecule has 1 atom stereocenters. The van der Waals surface area contributed by atoms with Crippen LogP contribution in [0.15, 0.2) is 47.4 Å². The van der Waals surface area contributed by atoms with E-state index in [0.717, 1.165) is 36.3 Å². The van der Waals surface area contributed by atoms with Crippen LogP contribution in [0, 0.1) is 5.82 Å². The van der Waals surface area contributed by atoms with E-state index in [2.05, 4.69) is 24.1 Å². The first-order valence-electron chi connectivity index (χ1n) is 9.54. The highest BCUT2D eigenvalue weighted by Crippen LogP contribution is 2.16. The molecule has 0 aliphatic heterocycles. The first-order valence-corrected chi connectivity index (χ1v) is 9.92. The number of halogens is 2. The van der Waals surface area contributed by atoms with Gasteiger partial charge >= 0.3 is 0 Å². The van der Waals surface area contributed by atoms with E-state index in [1.165, 1.54) is 30.5 Å². The van der Waals surface area contributed by atoms with Crippen LogP contribution in [0.2, 0.25) is 5.02 Å². The van der Waals surface area contributed by atoms with E-state index in [0.29, 0.717) is 13.0 Å². The van der Waals surface area contributed by atoms with Crippen LogP contribution in [-0.2, 0) is 4.79 Å². The summed E-state index contributed by atoms with van der Waals surface area (Å²) in [6.07, 6.45) is 1.96. The molecule has 1 aromatic heterocycles. The minimum Gasteiger partial charge on any atom is -0.354 e. The van der Waals surface area contributed by atoms with Crippen LogP contribution >= 0.6 is 11.6 Å². The molecule has 0 radical (unpaired) electrons. The molecule has 0 aliphatic carbocycles. The maximum absolute atomic E-state index is 13.2. The van der Waals surface area contributed by atoms with Crippen molar-refractivity contribution in [3.05, 3.63) is 69.4 Å². The molecule has 1 aromatic carbocycles. The molecule has 0 bridgehead atoms. The highest BCUT2D eigenvalue weighted by atomic mass is 35.5. The topological polar surface area (TPSA) is 71.4 Å². The standard InChI is InChI=1S/C21H25ClFN3O3/c1-3-25(4-2)13-5-12-24-21(29)19(26-14-16(22)8-11-18(26)27)20(28)15-6-9-17(23)10-7-15/h6-11,14,19H,3-5,12-13H2,1-2H3,(H,24,29). The lowest BCUT2D eigenvalue weighted by molar-refractivity contribution is -0.123. The largest absolute Gasteiger partial charge is 0.354 e. The summed E-state index contributed by atoms with van der Waals surface area (Å²) in [6.45, 7) is 7.11. The van der Waals surface area contributed by atoms with Gasteiger partial charge in [0.05, 0.1) is 5.02 Å². The highest BCUT2D eigenvalue weighted by molar-refractivity contribution is 6.30. The number of carbonyl (C=O) groups excluding carboxylic acids is 2. The number of hydrogen-bond donors (Lipinski definition) is 1. The normalized spacial score (nSPS) is 12.0. The maximum atomic E-state index is 13.2. The molecule has 2 aromatic rings. The van der Waals surface area contributed by atoms with Crippen LogP contribution in [0.1, 0.15) is 36.7 Å². The zero-order chi connectivity index (χ0) is 21.4. The molecule has 1 N–H and O–H groups in total. The summed E-state index contributed by atoms with van der Waals surface area (Å²) >= 11 is 5.97. The Balaban J connectivity index is 2.24. The Hall–Kier alpha value is -2.51. The Morgan fingerprint density at radius 2 is 1.79 bits per heavy atom. The number of Topliss-reactive ketones (excluding diaryl/α,β-unsaturated/α-hetero) is 1. The summed E-state index contributed by atoms with van der Waals surface area (Å²) in [6, 6.07) is 5.99. The average molecular weight is 422 g/mol. The van der Waals surface area contributed by atoms with E-state index in [1.54, 1.807) is 0 Å². The van der Waals surface area contributed by atoms with Crippen LogP contribution in [0.25, 0.3) is 0 Å². The SMILES string of the molecule is CCN(CC)CCCNC(=O)C(C(=O)c1ccc(F)cc1)n1cc(Cl)ccc1=O. The van der Waals surface area contributed by atoms with E-state index >= 15 is 0 Å². The number of amides is 1. The minimum atomic E-state index is -1.43. The fourth-order valence-electron chi connectivity index (χ4n) is 2.97. The van der Waals surface area contributed by atoms with E-state index in [4.69, 9.17) is 11.6 Å². The first-order chi connectivity index (χ1) is 13.9. The van der Waals surface area contributed by atoms with Crippen LogP contribution in [0.5, 0.6) is 0 Å². The molecule has 1 heterocycles. The predicted octanol–water partition coefficient (Wildman–Crippen LogP) is 2.91. The number of nitrogens with zero attached hydrogens (tertiary/aromatic N) is 2. The molecule has 156 valence electrons. The third-order valence-electron chi connectivity index (χ3n) is 4.65. The van der Waals surface area contributed by atoms with Crippen molar-refractivity contribution in [2.75, 3.05) is 26.2 Å². The summed E-state index contributed by atoms with van der Waals surface area (Å²) in [5.74, 6) is -1.72. The summed E-state index contributed by atoms with van der Waals surface area (Å²) in [7, 11) is 0. The zero-order valence-electron chi connectivity index (χ0n) is 16.5. The summed E-state index contributed by atoms with van der Waals surface area (Å²) < 4.78 is 14.2. The molecule has 1 amide bonds. The molecule has 0 fully saturated rings. The molecule has 1 unspecified atom stereocenters.